The van der Waals surface area contributed by atoms with E-state index in [0.29, 0.717) is 18.2 Å². The molecule has 1 aromatic heterocycles. The molecule has 0 aliphatic heterocycles. The van der Waals surface area contributed by atoms with Crippen molar-refractivity contribution >= 4 is 5.97 Å². The van der Waals surface area contributed by atoms with Crippen molar-refractivity contribution in [2.24, 2.45) is 5.92 Å². The van der Waals surface area contributed by atoms with Gasteiger partial charge in [-0.2, -0.15) is 0 Å². The summed E-state index contributed by atoms with van der Waals surface area (Å²) in [5.41, 5.74) is 0.827. The summed E-state index contributed by atoms with van der Waals surface area (Å²) in [7, 11) is 1.65. The average molecular weight is 296 g/mol. The van der Waals surface area contributed by atoms with Gasteiger partial charge in [-0.05, 0) is 26.3 Å². The Bertz CT molecular complexity index is 564. The van der Waals surface area contributed by atoms with Crippen LogP contribution in [0.15, 0.2) is 10.9 Å². The highest BCUT2D eigenvalue weighted by Crippen LogP contribution is 2.18. The monoisotopic (exact) mass is 296 g/mol. The second-order valence-corrected chi connectivity index (χ2v) is 5.85. The van der Waals surface area contributed by atoms with Crippen molar-refractivity contribution in [2.45, 2.75) is 40.3 Å². The minimum absolute atomic E-state index is 0.147. The van der Waals surface area contributed by atoms with Crippen LogP contribution in [0, 0.1) is 12.8 Å². The SMILES string of the molecule is Cc1cc(=O)c(O)c(CN(C)CC(=O)O)n1CCC(C)C. The van der Waals surface area contributed by atoms with E-state index in [1.807, 2.05) is 11.5 Å². The van der Waals surface area contributed by atoms with Gasteiger partial charge in [0.2, 0.25) is 5.43 Å². The van der Waals surface area contributed by atoms with Crippen LogP contribution in [0.2, 0.25) is 0 Å². The number of carboxylic acids is 1. The van der Waals surface area contributed by atoms with E-state index in [1.165, 1.54) is 6.07 Å². The lowest BCUT2D eigenvalue weighted by Gasteiger charge is -2.22. The molecule has 1 rings (SSSR count). The Hall–Kier alpha value is -1.82. The molecule has 0 fully saturated rings. The molecular weight excluding hydrogens is 272 g/mol. The van der Waals surface area contributed by atoms with Crippen LogP contribution < -0.4 is 5.43 Å². The van der Waals surface area contributed by atoms with Crippen molar-refractivity contribution in [2.75, 3.05) is 13.6 Å². The highest BCUT2D eigenvalue weighted by molar-refractivity contribution is 5.69. The maximum absolute atomic E-state index is 11.8. The number of aromatic hydroxyl groups is 1. The average Bonchev–Trinajstić information content (AvgIpc) is 2.33. The first kappa shape index (κ1) is 17.2. The van der Waals surface area contributed by atoms with Gasteiger partial charge in [0.15, 0.2) is 5.75 Å². The van der Waals surface area contributed by atoms with Gasteiger partial charge >= 0.3 is 5.97 Å². The maximum Gasteiger partial charge on any atom is 0.317 e. The predicted octanol–water partition coefficient (Wildman–Crippen LogP) is 1.42. The second-order valence-electron chi connectivity index (χ2n) is 5.85. The summed E-state index contributed by atoms with van der Waals surface area (Å²) < 4.78 is 1.90. The third-order valence-corrected chi connectivity index (χ3v) is 3.35. The zero-order chi connectivity index (χ0) is 16.2. The van der Waals surface area contributed by atoms with Crippen molar-refractivity contribution in [1.29, 1.82) is 0 Å². The van der Waals surface area contributed by atoms with Gasteiger partial charge in [0.05, 0.1) is 12.2 Å². The number of carbonyl (C=O) groups is 1. The first-order valence-corrected chi connectivity index (χ1v) is 7.05. The van der Waals surface area contributed by atoms with E-state index in [2.05, 4.69) is 13.8 Å². The van der Waals surface area contributed by atoms with Crippen LogP contribution in [0.25, 0.3) is 0 Å². The quantitative estimate of drug-likeness (QED) is 0.795. The molecule has 21 heavy (non-hydrogen) atoms. The molecule has 0 aliphatic carbocycles. The topological polar surface area (TPSA) is 82.8 Å². The van der Waals surface area contributed by atoms with E-state index in [1.54, 1.807) is 11.9 Å². The number of hydrogen-bond donors (Lipinski definition) is 2. The number of aromatic nitrogens is 1. The van der Waals surface area contributed by atoms with E-state index in [4.69, 9.17) is 5.11 Å². The van der Waals surface area contributed by atoms with Gasteiger partial charge in [-0.15, -0.1) is 0 Å². The van der Waals surface area contributed by atoms with Gasteiger partial charge in [-0.1, -0.05) is 13.8 Å². The number of nitrogens with zero attached hydrogens (tertiary/aromatic N) is 2. The van der Waals surface area contributed by atoms with Crippen LogP contribution in [-0.2, 0) is 17.9 Å². The molecule has 0 spiro atoms. The number of rotatable bonds is 7. The van der Waals surface area contributed by atoms with Crippen molar-refractivity contribution in [3.63, 3.8) is 0 Å². The molecule has 0 radical (unpaired) electrons. The summed E-state index contributed by atoms with van der Waals surface area (Å²) in [6.07, 6.45) is 0.915. The second kappa shape index (κ2) is 7.26. The fourth-order valence-corrected chi connectivity index (χ4v) is 2.22. The molecule has 2 N–H and O–H groups in total. The van der Waals surface area contributed by atoms with E-state index < -0.39 is 11.4 Å². The van der Waals surface area contributed by atoms with Gasteiger partial charge in [-0.25, -0.2) is 0 Å². The lowest BCUT2D eigenvalue weighted by atomic mass is 10.1. The Morgan fingerprint density at radius 1 is 1.43 bits per heavy atom. The molecule has 0 saturated heterocycles. The fraction of sp³-hybridized carbons (Fsp3) is 0.600. The van der Waals surface area contributed by atoms with E-state index >= 15 is 0 Å². The first-order chi connectivity index (χ1) is 9.72. The zero-order valence-corrected chi connectivity index (χ0v) is 13.1. The molecule has 6 heteroatoms. The van der Waals surface area contributed by atoms with Crippen LogP contribution in [0.1, 0.15) is 31.7 Å². The number of carboxylic acid groups (broad SMARTS) is 1. The van der Waals surface area contributed by atoms with Gasteiger partial charge in [0.25, 0.3) is 0 Å². The third-order valence-electron chi connectivity index (χ3n) is 3.35. The van der Waals surface area contributed by atoms with Gasteiger partial charge < -0.3 is 14.8 Å². The third kappa shape index (κ3) is 4.90. The molecule has 6 nitrogen and oxygen atoms in total. The number of aliphatic carboxylic acids is 1. The highest BCUT2D eigenvalue weighted by Gasteiger charge is 2.16. The molecule has 1 aromatic rings. The van der Waals surface area contributed by atoms with Crippen LogP contribution in [0.3, 0.4) is 0 Å². The summed E-state index contributed by atoms with van der Waals surface area (Å²) in [6, 6.07) is 1.41. The molecule has 0 saturated carbocycles. The van der Waals surface area contributed by atoms with Gasteiger partial charge in [0.1, 0.15) is 0 Å². The summed E-state index contributed by atoms with van der Waals surface area (Å²) in [5, 5.41) is 18.9. The van der Waals surface area contributed by atoms with Crippen molar-refractivity contribution in [3.05, 3.63) is 27.7 Å². The van der Waals surface area contributed by atoms with Crippen molar-refractivity contribution in [3.8, 4) is 5.75 Å². The standard InChI is InChI=1S/C15H24N2O4/c1-10(2)5-6-17-11(3)7-13(18)15(21)12(17)8-16(4)9-14(19)20/h7,10,21H,5-6,8-9H2,1-4H3,(H,19,20). The van der Waals surface area contributed by atoms with E-state index in [9.17, 15) is 14.7 Å². The van der Waals surface area contributed by atoms with Crippen LogP contribution in [0.4, 0.5) is 0 Å². The molecule has 0 bridgehead atoms. The number of hydrogen-bond acceptors (Lipinski definition) is 4. The highest BCUT2D eigenvalue weighted by atomic mass is 16.4. The smallest absolute Gasteiger partial charge is 0.317 e. The van der Waals surface area contributed by atoms with Crippen molar-refractivity contribution in [1.82, 2.24) is 9.47 Å². The van der Waals surface area contributed by atoms with Crippen LogP contribution >= 0.6 is 0 Å². The Morgan fingerprint density at radius 3 is 2.57 bits per heavy atom. The van der Waals surface area contributed by atoms with E-state index in [-0.39, 0.29) is 18.8 Å². The minimum atomic E-state index is -0.944. The fourth-order valence-electron chi connectivity index (χ4n) is 2.22. The van der Waals surface area contributed by atoms with Crippen molar-refractivity contribution < 1.29 is 15.0 Å². The largest absolute Gasteiger partial charge is 0.503 e. The summed E-state index contributed by atoms with van der Waals surface area (Å²) >= 11 is 0. The summed E-state index contributed by atoms with van der Waals surface area (Å²) in [4.78, 5) is 24.1. The number of pyridine rings is 1. The Balaban J connectivity index is 3.13. The zero-order valence-electron chi connectivity index (χ0n) is 13.1. The normalized spacial score (nSPS) is 11.3. The molecule has 118 valence electrons. The molecule has 0 amide bonds. The maximum atomic E-state index is 11.8. The van der Waals surface area contributed by atoms with Crippen LogP contribution in [-0.4, -0.2) is 39.2 Å². The molecule has 0 unspecified atom stereocenters. The van der Waals surface area contributed by atoms with Gasteiger partial charge in [0, 0.05) is 24.8 Å². The molecule has 0 aromatic carbocycles. The van der Waals surface area contributed by atoms with Crippen LogP contribution in [0.5, 0.6) is 5.75 Å². The Labute approximate surface area is 124 Å². The summed E-state index contributed by atoms with van der Waals surface area (Å²) in [5.74, 6) is -0.738. The predicted molar refractivity (Wildman–Crippen MR) is 80.5 cm³/mol. The Kier molecular flexibility index (Phi) is 5.96. The lowest BCUT2D eigenvalue weighted by molar-refractivity contribution is -0.138. The molecule has 1 heterocycles. The first-order valence-electron chi connectivity index (χ1n) is 7.05. The Morgan fingerprint density at radius 2 is 2.05 bits per heavy atom. The molecule has 0 aliphatic rings. The van der Waals surface area contributed by atoms with E-state index in [0.717, 1.165) is 12.1 Å². The number of likely N-dealkylation sites (N-methyl/N-ethyl adjacent to an activating group) is 1. The van der Waals surface area contributed by atoms with Gasteiger partial charge in [-0.3, -0.25) is 14.5 Å². The molecular formula is C15H24N2O4. The summed E-state index contributed by atoms with van der Waals surface area (Å²) in [6.45, 7) is 6.79. The minimum Gasteiger partial charge on any atom is -0.503 e. The lowest BCUT2D eigenvalue weighted by Crippen LogP contribution is -2.28. The number of aryl methyl sites for hydroxylation is 1. The molecule has 0 atom stereocenters.